The van der Waals surface area contributed by atoms with Crippen LogP contribution in [0.4, 0.5) is 11.4 Å². The van der Waals surface area contributed by atoms with Crippen LogP contribution in [0.1, 0.15) is 30.8 Å². The molecule has 0 unspecified atom stereocenters. The third-order valence-electron chi connectivity index (χ3n) is 3.77. The average Bonchev–Trinajstić information content (AvgIpc) is 2.71. The average molecular weight is 369 g/mol. The molecule has 1 amide bonds. The molecule has 0 aliphatic rings. The van der Waals surface area contributed by atoms with Crippen molar-refractivity contribution in [2.75, 3.05) is 11.1 Å². The van der Waals surface area contributed by atoms with Crippen LogP contribution in [-0.2, 0) is 17.8 Å². The van der Waals surface area contributed by atoms with Gasteiger partial charge in [0.15, 0.2) is 0 Å². The summed E-state index contributed by atoms with van der Waals surface area (Å²) in [5.74, 6) is 0.339. The molecule has 0 aliphatic carbocycles. The molecule has 1 heterocycles. The molecule has 0 atom stereocenters. The number of anilines is 2. The number of hydrogen-bond acceptors (Lipinski definition) is 3. The first-order valence-electron chi connectivity index (χ1n) is 7.76. The van der Waals surface area contributed by atoms with E-state index in [1.165, 1.54) is 0 Å². The molecule has 1 aromatic heterocycles. The predicted octanol–water partition coefficient (Wildman–Crippen LogP) is 4.23. The number of aromatic nitrogens is 2. The highest BCUT2D eigenvalue weighted by molar-refractivity contribution is 6.39. The van der Waals surface area contributed by atoms with Gasteiger partial charge in [-0.2, -0.15) is 5.10 Å². The summed E-state index contributed by atoms with van der Waals surface area (Å²) in [6.07, 6.45) is 0.245. The molecule has 24 heavy (non-hydrogen) atoms. The molecule has 0 saturated carbocycles. The molecule has 5 nitrogen and oxygen atoms in total. The Labute approximate surface area is 152 Å². The molecule has 2 aromatic rings. The standard InChI is InChI=1S/C17H22Cl2N4O/c1-9(2)8-23-11(4)13(10(3)22-23)7-16(24)21-12-5-14(18)17(20)15(19)6-12/h5-6,9H,7-8,20H2,1-4H3,(H,21,24). The molecule has 0 spiro atoms. The van der Waals surface area contributed by atoms with Gasteiger partial charge < -0.3 is 11.1 Å². The molecule has 0 fully saturated rings. The number of nitrogens with two attached hydrogens (primary N) is 1. The van der Waals surface area contributed by atoms with E-state index in [2.05, 4.69) is 24.3 Å². The van der Waals surface area contributed by atoms with E-state index in [1.807, 2.05) is 18.5 Å². The summed E-state index contributed by atoms with van der Waals surface area (Å²) in [7, 11) is 0. The first kappa shape index (κ1) is 18.6. The molecular formula is C17H22Cl2N4O. The molecule has 1 aromatic carbocycles. The summed E-state index contributed by atoms with van der Waals surface area (Å²) < 4.78 is 1.96. The van der Waals surface area contributed by atoms with Crippen LogP contribution in [0, 0.1) is 19.8 Å². The maximum Gasteiger partial charge on any atom is 0.228 e. The zero-order valence-corrected chi connectivity index (χ0v) is 15.8. The van der Waals surface area contributed by atoms with Crippen LogP contribution in [0.5, 0.6) is 0 Å². The molecule has 7 heteroatoms. The summed E-state index contributed by atoms with van der Waals surface area (Å²) >= 11 is 12.0. The van der Waals surface area contributed by atoms with Crippen LogP contribution >= 0.6 is 23.2 Å². The summed E-state index contributed by atoms with van der Waals surface area (Å²) in [6.45, 7) is 9.01. The first-order chi connectivity index (χ1) is 11.2. The van der Waals surface area contributed by atoms with Gasteiger partial charge in [0.2, 0.25) is 5.91 Å². The van der Waals surface area contributed by atoms with E-state index < -0.39 is 0 Å². The van der Waals surface area contributed by atoms with Gasteiger partial charge in [0.05, 0.1) is 27.8 Å². The molecule has 0 bridgehead atoms. The monoisotopic (exact) mass is 368 g/mol. The maximum absolute atomic E-state index is 12.4. The number of aryl methyl sites for hydroxylation is 1. The minimum atomic E-state index is -0.151. The topological polar surface area (TPSA) is 72.9 Å². The Hall–Kier alpha value is -1.72. The van der Waals surface area contributed by atoms with Crippen LogP contribution in [-0.4, -0.2) is 15.7 Å². The Kier molecular flexibility index (Phi) is 5.78. The molecular weight excluding hydrogens is 347 g/mol. The Bertz CT molecular complexity index is 745. The minimum Gasteiger partial charge on any atom is -0.396 e. The van der Waals surface area contributed by atoms with Crippen molar-refractivity contribution >= 4 is 40.5 Å². The third-order valence-corrected chi connectivity index (χ3v) is 4.40. The van der Waals surface area contributed by atoms with E-state index >= 15 is 0 Å². The SMILES string of the molecule is Cc1nn(CC(C)C)c(C)c1CC(=O)Nc1cc(Cl)c(N)c(Cl)c1. The lowest BCUT2D eigenvalue weighted by atomic mass is 10.1. The van der Waals surface area contributed by atoms with Crippen molar-refractivity contribution in [3.8, 4) is 0 Å². The van der Waals surface area contributed by atoms with Crippen molar-refractivity contribution in [2.24, 2.45) is 5.92 Å². The second kappa shape index (κ2) is 7.45. The second-order valence-electron chi connectivity index (χ2n) is 6.30. The lowest BCUT2D eigenvalue weighted by Crippen LogP contribution is -2.16. The van der Waals surface area contributed by atoms with Gasteiger partial charge in [-0.1, -0.05) is 37.0 Å². The number of benzene rings is 1. The van der Waals surface area contributed by atoms with Crippen molar-refractivity contribution in [2.45, 2.75) is 40.7 Å². The quantitative estimate of drug-likeness (QED) is 0.775. The van der Waals surface area contributed by atoms with Crippen molar-refractivity contribution in [3.63, 3.8) is 0 Å². The molecule has 0 radical (unpaired) electrons. The molecule has 130 valence electrons. The van der Waals surface area contributed by atoms with Gasteiger partial charge in [-0.3, -0.25) is 9.48 Å². The Morgan fingerprint density at radius 2 is 1.88 bits per heavy atom. The number of halogens is 2. The highest BCUT2D eigenvalue weighted by Crippen LogP contribution is 2.31. The number of nitrogens with zero attached hydrogens (tertiary/aromatic N) is 2. The Morgan fingerprint density at radius 3 is 2.42 bits per heavy atom. The van der Waals surface area contributed by atoms with Gasteiger partial charge in [0, 0.05) is 23.5 Å². The van der Waals surface area contributed by atoms with Gasteiger partial charge in [0.1, 0.15) is 0 Å². The van der Waals surface area contributed by atoms with Crippen molar-refractivity contribution in [1.29, 1.82) is 0 Å². The molecule has 0 aliphatic heterocycles. The highest BCUT2D eigenvalue weighted by atomic mass is 35.5. The van der Waals surface area contributed by atoms with E-state index in [1.54, 1.807) is 12.1 Å². The minimum absolute atomic E-state index is 0.151. The number of rotatable bonds is 5. The zero-order chi connectivity index (χ0) is 18.0. The summed E-state index contributed by atoms with van der Waals surface area (Å²) in [4.78, 5) is 12.4. The van der Waals surface area contributed by atoms with E-state index in [4.69, 9.17) is 28.9 Å². The number of amides is 1. The normalized spacial score (nSPS) is 11.1. The van der Waals surface area contributed by atoms with Crippen molar-refractivity contribution in [3.05, 3.63) is 39.1 Å². The second-order valence-corrected chi connectivity index (χ2v) is 7.12. The van der Waals surface area contributed by atoms with Crippen LogP contribution in [0.25, 0.3) is 0 Å². The van der Waals surface area contributed by atoms with E-state index in [0.29, 0.717) is 27.3 Å². The number of nitrogen functional groups attached to an aromatic ring is 1. The van der Waals surface area contributed by atoms with Crippen molar-refractivity contribution in [1.82, 2.24) is 9.78 Å². The lowest BCUT2D eigenvalue weighted by molar-refractivity contribution is -0.115. The smallest absolute Gasteiger partial charge is 0.228 e. The Morgan fingerprint density at radius 1 is 1.29 bits per heavy atom. The third kappa shape index (κ3) is 4.22. The predicted molar refractivity (Wildman–Crippen MR) is 99.7 cm³/mol. The van der Waals surface area contributed by atoms with Crippen molar-refractivity contribution < 1.29 is 4.79 Å². The van der Waals surface area contributed by atoms with Gasteiger partial charge in [-0.15, -0.1) is 0 Å². The Balaban J connectivity index is 2.14. The molecule has 2 rings (SSSR count). The fourth-order valence-electron chi connectivity index (χ4n) is 2.54. The zero-order valence-electron chi connectivity index (χ0n) is 14.3. The number of nitrogens with one attached hydrogen (secondary N) is 1. The number of carbonyl (C=O) groups is 1. The fourth-order valence-corrected chi connectivity index (χ4v) is 3.02. The van der Waals surface area contributed by atoms with Crippen LogP contribution < -0.4 is 11.1 Å². The lowest BCUT2D eigenvalue weighted by Gasteiger charge is -2.10. The van der Waals surface area contributed by atoms with Gasteiger partial charge >= 0.3 is 0 Å². The molecule has 3 N–H and O–H groups in total. The van der Waals surface area contributed by atoms with Gasteiger partial charge in [0.25, 0.3) is 0 Å². The van der Waals surface area contributed by atoms with E-state index in [0.717, 1.165) is 23.5 Å². The van der Waals surface area contributed by atoms with Gasteiger partial charge in [-0.25, -0.2) is 0 Å². The highest BCUT2D eigenvalue weighted by Gasteiger charge is 2.16. The number of carbonyl (C=O) groups excluding carboxylic acids is 1. The summed E-state index contributed by atoms with van der Waals surface area (Å²) in [5.41, 5.74) is 9.36. The molecule has 0 saturated heterocycles. The summed E-state index contributed by atoms with van der Waals surface area (Å²) in [5, 5.41) is 7.96. The van der Waals surface area contributed by atoms with E-state index in [9.17, 15) is 4.79 Å². The van der Waals surface area contributed by atoms with Crippen LogP contribution in [0.15, 0.2) is 12.1 Å². The van der Waals surface area contributed by atoms with Crippen LogP contribution in [0.2, 0.25) is 10.0 Å². The first-order valence-corrected chi connectivity index (χ1v) is 8.51. The van der Waals surface area contributed by atoms with Gasteiger partial charge in [-0.05, 0) is 31.9 Å². The maximum atomic E-state index is 12.4. The summed E-state index contributed by atoms with van der Waals surface area (Å²) in [6, 6.07) is 3.17. The van der Waals surface area contributed by atoms with E-state index in [-0.39, 0.29) is 12.3 Å². The largest absolute Gasteiger partial charge is 0.396 e. The number of hydrogen-bond donors (Lipinski definition) is 2. The fraction of sp³-hybridized carbons (Fsp3) is 0.412. The van der Waals surface area contributed by atoms with Crippen LogP contribution in [0.3, 0.4) is 0 Å².